The summed E-state index contributed by atoms with van der Waals surface area (Å²) in [6, 6.07) is 41.7. The number of hydrogen-bond donors (Lipinski definition) is 0. The maximum absolute atomic E-state index is 10.5. The number of para-hydroxylation sites is 2. The molecule has 0 saturated carbocycles. The Balaban J connectivity index is 1.26. The van der Waals surface area contributed by atoms with E-state index in [1.54, 1.807) is 0 Å². The second-order valence-electron chi connectivity index (χ2n) is 12.6. The van der Waals surface area contributed by atoms with E-state index in [0.717, 1.165) is 55.8 Å². The highest BCUT2D eigenvalue weighted by molar-refractivity contribution is 5.94. The average molecular weight is 642 g/mol. The quantitative estimate of drug-likeness (QED) is 0.188. The maximum atomic E-state index is 10.5. The molecule has 5 heteroatoms. The molecule has 2 unspecified atom stereocenters. The lowest BCUT2D eigenvalue weighted by atomic mass is 9.90. The molecule has 2 aliphatic rings. The van der Waals surface area contributed by atoms with Crippen LogP contribution in [0.2, 0.25) is 0 Å². The molecule has 0 radical (unpaired) electrons. The lowest BCUT2D eigenvalue weighted by Gasteiger charge is -2.30. The van der Waals surface area contributed by atoms with Gasteiger partial charge in [0, 0.05) is 45.1 Å². The molecule has 1 aliphatic carbocycles. The standard InChI is InChI=1S/C45H31N5/c1-3-11-35-29(2)49(42-18-8-5-15-37(35)42)45-25-33(27-47)39(24-34(45)28-48)32-13-10-12-31(23-32)36-14-4-7-17-41(36)50-43-19-9-6-16-38(43)40-22-30(26-46)20-21-44(40)50/h3-25,38,43H,1-2H3/b11-3-. The third kappa shape index (κ3) is 4.75. The van der Waals surface area contributed by atoms with Gasteiger partial charge in [0.05, 0.1) is 46.1 Å². The number of rotatable bonds is 5. The van der Waals surface area contributed by atoms with Gasteiger partial charge in [-0.25, -0.2) is 0 Å². The van der Waals surface area contributed by atoms with Gasteiger partial charge in [0.25, 0.3) is 0 Å². The minimum absolute atomic E-state index is 0.0748. The summed E-state index contributed by atoms with van der Waals surface area (Å²) in [6.07, 6.45) is 12.7. The highest BCUT2D eigenvalue weighted by atomic mass is 15.2. The molecule has 6 aromatic rings. The Morgan fingerprint density at radius 1 is 0.660 bits per heavy atom. The highest BCUT2D eigenvalue weighted by Gasteiger charge is 2.38. The van der Waals surface area contributed by atoms with E-state index >= 15 is 0 Å². The van der Waals surface area contributed by atoms with E-state index in [-0.39, 0.29) is 12.0 Å². The van der Waals surface area contributed by atoms with Crippen molar-refractivity contribution < 1.29 is 0 Å². The van der Waals surface area contributed by atoms with Crippen LogP contribution < -0.4 is 4.90 Å². The monoisotopic (exact) mass is 641 g/mol. The van der Waals surface area contributed by atoms with Crippen molar-refractivity contribution in [3.05, 3.63) is 167 Å². The summed E-state index contributed by atoms with van der Waals surface area (Å²) in [4.78, 5) is 2.37. The number of allylic oxidation sites excluding steroid dienone is 3. The highest BCUT2D eigenvalue weighted by Crippen LogP contribution is 2.50. The van der Waals surface area contributed by atoms with Gasteiger partial charge in [-0.1, -0.05) is 91.1 Å². The van der Waals surface area contributed by atoms with Crippen LogP contribution in [0.1, 0.15) is 46.4 Å². The number of benzene rings is 5. The van der Waals surface area contributed by atoms with Gasteiger partial charge >= 0.3 is 0 Å². The van der Waals surface area contributed by atoms with E-state index in [1.165, 1.54) is 0 Å². The summed E-state index contributed by atoms with van der Waals surface area (Å²) in [7, 11) is 0. The third-order valence-corrected chi connectivity index (χ3v) is 9.94. The molecule has 1 aromatic heterocycles. The van der Waals surface area contributed by atoms with Crippen LogP contribution in [-0.2, 0) is 0 Å². The number of anilines is 2. The fourth-order valence-corrected chi connectivity index (χ4v) is 7.75. The molecule has 8 rings (SSSR count). The molecule has 0 amide bonds. The van der Waals surface area contributed by atoms with Crippen molar-refractivity contribution in [1.82, 2.24) is 4.57 Å². The molecule has 0 N–H and O–H groups in total. The number of fused-ring (bicyclic) bond motifs is 4. The zero-order valence-electron chi connectivity index (χ0n) is 27.7. The van der Waals surface area contributed by atoms with Crippen molar-refractivity contribution in [2.75, 3.05) is 4.90 Å². The fraction of sp³-hybridized carbons (Fsp3) is 0.0889. The number of nitrogens with zero attached hydrogens (tertiary/aromatic N) is 5. The molecule has 236 valence electrons. The van der Waals surface area contributed by atoms with Crippen LogP contribution in [0.25, 0.3) is 44.9 Å². The Morgan fingerprint density at radius 3 is 2.22 bits per heavy atom. The van der Waals surface area contributed by atoms with Crippen molar-refractivity contribution in [1.29, 1.82) is 15.8 Å². The van der Waals surface area contributed by atoms with E-state index in [1.807, 2.05) is 67.6 Å². The number of aromatic nitrogens is 1. The molecule has 5 nitrogen and oxygen atoms in total. The van der Waals surface area contributed by atoms with Crippen LogP contribution in [0.4, 0.5) is 11.4 Å². The molecule has 0 fully saturated rings. The molecule has 2 heterocycles. The van der Waals surface area contributed by atoms with E-state index in [4.69, 9.17) is 0 Å². The number of nitriles is 3. The van der Waals surface area contributed by atoms with Gasteiger partial charge in [0.1, 0.15) is 6.07 Å². The zero-order valence-corrected chi connectivity index (χ0v) is 27.7. The minimum atomic E-state index is 0.0748. The molecule has 1 aliphatic heterocycles. The first kappa shape index (κ1) is 30.5. The van der Waals surface area contributed by atoms with E-state index in [2.05, 4.69) is 114 Å². The van der Waals surface area contributed by atoms with Gasteiger partial charge < -0.3 is 9.47 Å². The smallest absolute Gasteiger partial charge is 0.101 e. The van der Waals surface area contributed by atoms with Crippen LogP contribution in [0.15, 0.2) is 134 Å². The van der Waals surface area contributed by atoms with Crippen LogP contribution >= 0.6 is 0 Å². The van der Waals surface area contributed by atoms with Gasteiger partial charge in [-0.3, -0.25) is 0 Å². The van der Waals surface area contributed by atoms with Crippen molar-refractivity contribution in [3.8, 4) is 46.1 Å². The topological polar surface area (TPSA) is 79.5 Å². The minimum Gasteiger partial charge on any atom is -0.333 e. The first-order valence-corrected chi connectivity index (χ1v) is 16.7. The fourth-order valence-electron chi connectivity index (χ4n) is 7.75. The Kier molecular flexibility index (Phi) is 7.49. The molecule has 2 atom stereocenters. The first-order valence-electron chi connectivity index (χ1n) is 16.7. The van der Waals surface area contributed by atoms with Gasteiger partial charge in [0.2, 0.25) is 0 Å². The number of hydrogen-bond acceptors (Lipinski definition) is 4. The second-order valence-corrected chi connectivity index (χ2v) is 12.6. The first-order chi connectivity index (χ1) is 24.6. The van der Waals surface area contributed by atoms with Crippen LogP contribution in [0.3, 0.4) is 0 Å². The van der Waals surface area contributed by atoms with Crippen molar-refractivity contribution in [2.45, 2.75) is 25.8 Å². The van der Waals surface area contributed by atoms with Crippen molar-refractivity contribution in [2.24, 2.45) is 0 Å². The zero-order chi connectivity index (χ0) is 34.4. The predicted octanol–water partition coefficient (Wildman–Crippen LogP) is 10.7. The normalized spacial score (nSPS) is 15.9. The molecular formula is C45H31N5. The largest absolute Gasteiger partial charge is 0.333 e. The lowest BCUT2D eigenvalue weighted by molar-refractivity contribution is 0.745. The molecule has 50 heavy (non-hydrogen) atoms. The molecule has 0 bridgehead atoms. The molecule has 0 spiro atoms. The lowest BCUT2D eigenvalue weighted by Crippen LogP contribution is -2.28. The van der Waals surface area contributed by atoms with E-state index in [9.17, 15) is 15.8 Å². The van der Waals surface area contributed by atoms with Crippen molar-refractivity contribution >= 4 is 28.4 Å². The van der Waals surface area contributed by atoms with Gasteiger partial charge in [-0.15, -0.1) is 0 Å². The van der Waals surface area contributed by atoms with Gasteiger partial charge in [-0.2, -0.15) is 15.8 Å². The summed E-state index contributed by atoms with van der Waals surface area (Å²) in [5, 5.41) is 31.7. The molecule has 0 saturated heterocycles. The summed E-state index contributed by atoms with van der Waals surface area (Å²) in [5.41, 5.74) is 12.3. The van der Waals surface area contributed by atoms with E-state index < -0.39 is 0 Å². The Labute approximate surface area is 291 Å². The SMILES string of the molecule is C/C=C\c1c(C)n(-c2cc(C#N)c(-c3cccc(-c4ccccc4N4c5ccc(C#N)cc5C5C=CC=CC54)c3)cc2C#N)c2ccccc12. The Hall–Kier alpha value is -6.87. The molecule has 5 aromatic carbocycles. The van der Waals surface area contributed by atoms with Crippen molar-refractivity contribution in [3.63, 3.8) is 0 Å². The van der Waals surface area contributed by atoms with E-state index in [0.29, 0.717) is 27.9 Å². The maximum Gasteiger partial charge on any atom is 0.101 e. The summed E-state index contributed by atoms with van der Waals surface area (Å²) >= 11 is 0. The van der Waals surface area contributed by atoms with Crippen LogP contribution in [0, 0.1) is 40.9 Å². The summed E-state index contributed by atoms with van der Waals surface area (Å²) in [6.45, 7) is 4.05. The summed E-state index contributed by atoms with van der Waals surface area (Å²) < 4.78 is 2.09. The average Bonchev–Trinajstić information content (AvgIpc) is 3.65. The van der Waals surface area contributed by atoms with Crippen LogP contribution in [0.5, 0.6) is 0 Å². The summed E-state index contributed by atoms with van der Waals surface area (Å²) in [5.74, 6) is 0.138. The predicted molar refractivity (Wildman–Crippen MR) is 201 cm³/mol. The van der Waals surface area contributed by atoms with Gasteiger partial charge in [-0.05, 0) is 79.1 Å². The van der Waals surface area contributed by atoms with Gasteiger partial charge in [0.15, 0.2) is 0 Å². The molecular weight excluding hydrogens is 611 g/mol. The third-order valence-electron chi connectivity index (χ3n) is 9.94. The van der Waals surface area contributed by atoms with Crippen LogP contribution in [-0.4, -0.2) is 10.6 Å². The Bertz CT molecular complexity index is 2580. The second kappa shape index (κ2) is 12.3. The Morgan fingerprint density at radius 2 is 1.42 bits per heavy atom.